The molecular formula is C22H24F2N6O. The van der Waals surface area contributed by atoms with Crippen molar-refractivity contribution in [2.75, 3.05) is 18.0 Å². The van der Waals surface area contributed by atoms with E-state index in [1.54, 1.807) is 4.68 Å². The van der Waals surface area contributed by atoms with Gasteiger partial charge in [-0.3, -0.25) is 4.90 Å². The van der Waals surface area contributed by atoms with Gasteiger partial charge in [0.05, 0.1) is 17.8 Å². The molecule has 1 aromatic carbocycles. The van der Waals surface area contributed by atoms with Gasteiger partial charge in [-0.1, -0.05) is 0 Å². The van der Waals surface area contributed by atoms with Crippen LogP contribution >= 0.6 is 0 Å². The van der Waals surface area contributed by atoms with E-state index < -0.39 is 11.6 Å². The Morgan fingerprint density at radius 3 is 2.68 bits per heavy atom. The number of ether oxygens (including phenoxy) is 1. The van der Waals surface area contributed by atoms with Crippen molar-refractivity contribution >= 4 is 5.82 Å². The zero-order valence-electron chi connectivity index (χ0n) is 17.5. The Hall–Kier alpha value is -2.91. The smallest absolute Gasteiger partial charge is 0.163 e. The number of halogens is 2. The molecule has 0 saturated carbocycles. The van der Waals surface area contributed by atoms with E-state index in [9.17, 15) is 8.78 Å². The summed E-state index contributed by atoms with van der Waals surface area (Å²) in [7, 11) is 0. The van der Waals surface area contributed by atoms with Gasteiger partial charge < -0.3 is 9.64 Å². The molecule has 0 N–H and O–H groups in total. The second-order valence-electron chi connectivity index (χ2n) is 8.32. The first-order valence-corrected chi connectivity index (χ1v) is 10.4. The molecule has 0 aliphatic carbocycles. The highest BCUT2D eigenvalue weighted by atomic mass is 19.1. The normalized spacial score (nSPS) is 21.1. The monoisotopic (exact) mass is 426 g/mol. The second-order valence-corrected chi connectivity index (χ2v) is 8.32. The average molecular weight is 426 g/mol. The van der Waals surface area contributed by atoms with Gasteiger partial charge in [0.2, 0.25) is 0 Å². The topological polar surface area (TPSA) is 59.3 Å². The number of morpholine rings is 1. The van der Waals surface area contributed by atoms with Crippen LogP contribution in [0.25, 0.3) is 11.4 Å². The molecule has 31 heavy (non-hydrogen) atoms. The fraction of sp³-hybridized carbons (Fsp3) is 0.409. The van der Waals surface area contributed by atoms with Gasteiger partial charge in [0.25, 0.3) is 0 Å². The number of fused-ring (bicyclic) bond motifs is 3. The van der Waals surface area contributed by atoms with E-state index in [1.807, 2.05) is 11.1 Å². The van der Waals surface area contributed by atoms with Gasteiger partial charge >= 0.3 is 0 Å². The molecule has 7 nitrogen and oxygen atoms in total. The molecule has 2 aromatic heterocycles. The number of benzene rings is 1. The quantitative estimate of drug-likeness (QED) is 0.639. The maximum Gasteiger partial charge on any atom is 0.163 e. The Morgan fingerprint density at radius 2 is 1.87 bits per heavy atom. The summed E-state index contributed by atoms with van der Waals surface area (Å²) < 4.78 is 35.5. The minimum atomic E-state index is -0.465. The molecule has 3 aromatic rings. The summed E-state index contributed by atoms with van der Waals surface area (Å²) in [5.41, 5.74) is 2.18. The molecule has 0 bridgehead atoms. The standard InChI is InChI=1S/C22H24F2N6O/c1-14-8-28(9-15(2)31-14)10-16-5-19-21(25-7-16)29(13-30-22(19)26-12-27-30)11-17-6-18(23)3-4-20(17)24/h3-7,12,14-15H,8-11,13H2,1-2H3/t14-,15+. The zero-order chi connectivity index (χ0) is 21.5. The van der Waals surface area contributed by atoms with Gasteiger partial charge in [-0.25, -0.2) is 23.4 Å². The van der Waals surface area contributed by atoms with Crippen molar-refractivity contribution in [3.8, 4) is 11.4 Å². The van der Waals surface area contributed by atoms with Crippen LogP contribution in [0.4, 0.5) is 14.6 Å². The molecule has 1 fully saturated rings. The number of rotatable bonds is 4. The van der Waals surface area contributed by atoms with Gasteiger partial charge in [-0.15, -0.1) is 0 Å². The molecule has 0 amide bonds. The summed E-state index contributed by atoms with van der Waals surface area (Å²) in [6.07, 6.45) is 3.73. The minimum absolute atomic E-state index is 0.181. The Balaban J connectivity index is 1.45. The highest BCUT2D eigenvalue weighted by Gasteiger charge is 2.27. The molecule has 162 valence electrons. The van der Waals surface area contributed by atoms with Gasteiger partial charge in [0.1, 0.15) is 30.4 Å². The van der Waals surface area contributed by atoms with Crippen molar-refractivity contribution in [2.24, 2.45) is 0 Å². The van der Waals surface area contributed by atoms with Crippen LogP contribution < -0.4 is 4.90 Å². The number of hydrogen-bond acceptors (Lipinski definition) is 6. The largest absolute Gasteiger partial charge is 0.373 e. The predicted molar refractivity (Wildman–Crippen MR) is 111 cm³/mol. The molecule has 0 radical (unpaired) electrons. The lowest BCUT2D eigenvalue weighted by molar-refractivity contribution is -0.0705. The van der Waals surface area contributed by atoms with Crippen LogP contribution in [0.15, 0.2) is 36.8 Å². The first-order chi connectivity index (χ1) is 15.0. The fourth-order valence-electron chi connectivity index (χ4n) is 4.48. The number of aromatic nitrogens is 4. The van der Waals surface area contributed by atoms with Crippen molar-refractivity contribution in [1.29, 1.82) is 0 Å². The number of hydrogen-bond donors (Lipinski definition) is 0. The summed E-state index contributed by atoms with van der Waals surface area (Å²) >= 11 is 0. The Bertz CT molecular complexity index is 1090. The molecular weight excluding hydrogens is 402 g/mol. The number of anilines is 1. The van der Waals surface area contributed by atoms with E-state index >= 15 is 0 Å². The van der Waals surface area contributed by atoms with Crippen molar-refractivity contribution in [3.63, 3.8) is 0 Å². The van der Waals surface area contributed by atoms with E-state index in [0.29, 0.717) is 12.5 Å². The zero-order valence-corrected chi connectivity index (χ0v) is 17.5. The third-order valence-corrected chi connectivity index (χ3v) is 5.65. The summed E-state index contributed by atoms with van der Waals surface area (Å²) in [4.78, 5) is 13.3. The van der Waals surface area contributed by atoms with Crippen molar-refractivity contribution < 1.29 is 13.5 Å². The van der Waals surface area contributed by atoms with Gasteiger partial charge in [0.15, 0.2) is 5.82 Å². The predicted octanol–water partition coefficient (Wildman–Crippen LogP) is 3.21. The second kappa shape index (κ2) is 7.97. The molecule has 2 aliphatic rings. The Morgan fingerprint density at radius 1 is 1.06 bits per heavy atom. The molecule has 1 saturated heterocycles. The molecule has 0 unspecified atom stereocenters. The number of nitrogens with zero attached hydrogens (tertiary/aromatic N) is 6. The molecule has 4 heterocycles. The third-order valence-electron chi connectivity index (χ3n) is 5.65. The van der Waals surface area contributed by atoms with E-state index in [0.717, 1.165) is 48.7 Å². The fourth-order valence-corrected chi connectivity index (χ4v) is 4.48. The molecule has 5 rings (SSSR count). The minimum Gasteiger partial charge on any atom is -0.373 e. The van der Waals surface area contributed by atoms with E-state index in [2.05, 4.69) is 34.9 Å². The summed E-state index contributed by atoms with van der Waals surface area (Å²) in [6.45, 7) is 7.19. The first kappa shape index (κ1) is 20.0. The SMILES string of the molecule is C[C@@H]1CN(Cc2cnc3c(c2)-c2ncnn2CN3Cc2cc(F)ccc2F)C[C@H](C)O1. The van der Waals surface area contributed by atoms with Crippen molar-refractivity contribution in [2.45, 2.75) is 45.8 Å². The van der Waals surface area contributed by atoms with Gasteiger partial charge in [-0.05, 0) is 43.7 Å². The maximum atomic E-state index is 14.3. The molecule has 9 heteroatoms. The Kier molecular flexibility index (Phi) is 5.15. The lowest BCUT2D eigenvalue weighted by Crippen LogP contribution is -2.44. The van der Waals surface area contributed by atoms with Gasteiger partial charge in [-0.2, -0.15) is 5.10 Å². The van der Waals surface area contributed by atoms with Crippen LogP contribution in [0.2, 0.25) is 0 Å². The van der Waals surface area contributed by atoms with Crippen LogP contribution in [-0.4, -0.2) is 49.9 Å². The highest BCUT2D eigenvalue weighted by molar-refractivity contribution is 5.73. The third kappa shape index (κ3) is 4.03. The van der Waals surface area contributed by atoms with E-state index in [1.165, 1.54) is 12.4 Å². The lowest BCUT2D eigenvalue weighted by Gasteiger charge is -2.35. The molecule has 2 aliphatic heterocycles. The lowest BCUT2D eigenvalue weighted by atomic mass is 10.1. The van der Waals surface area contributed by atoms with Crippen LogP contribution in [0, 0.1) is 11.6 Å². The van der Waals surface area contributed by atoms with Crippen molar-refractivity contribution in [1.82, 2.24) is 24.6 Å². The molecule has 2 atom stereocenters. The first-order valence-electron chi connectivity index (χ1n) is 10.4. The van der Waals surface area contributed by atoms with Crippen LogP contribution in [0.3, 0.4) is 0 Å². The summed E-state index contributed by atoms with van der Waals surface area (Å²) in [5, 5.41) is 4.29. The average Bonchev–Trinajstić information content (AvgIpc) is 3.19. The highest BCUT2D eigenvalue weighted by Crippen LogP contribution is 2.34. The van der Waals surface area contributed by atoms with E-state index in [4.69, 9.17) is 9.72 Å². The number of pyridine rings is 1. The van der Waals surface area contributed by atoms with Crippen LogP contribution in [-0.2, 0) is 24.5 Å². The Labute approximate surface area is 179 Å². The van der Waals surface area contributed by atoms with Crippen LogP contribution in [0.5, 0.6) is 0 Å². The van der Waals surface area contributed by atoms with Gasteiger partial charge in [0, 0.05) is 37.9 Å². The molecule has 0 spiro atoms. The van der Waals surface area contributed by atoms with Crippen molar-refractivity contribution in [3.05, 3.63) is 59.6 Å². The maximum absolute atomic E-state index is 14.3. The summed E-state index contributed by atoms with van der Waals surface area (Å²) in [6, 6.07) is 5.57. The van der Waals surface area contributed by atoms with E-state index in [-0.39, 0.29) is 24.3 Å². The summed E-state index contributed by atoms with van der Waals surface area (Å²) in [5.74, 6) is 0.507. The van der Waals surface area contributed by atoms with Crippen LogP contribution in [0.1, 0.15) is 25.0 Å².